The van der Waals surface area contributed by atoms with Gasteiger partial charge in [0, 0.05) is 49.3 Å². The van der Waals surface area contributed by atoms with Crippen LogP contribution in [-0.4, -0.2) is 45.0 Å². The summed E-state index contributed by atoms with van der Waals surface area (Å²) >= 11 is 0. The molecule has 1 saturated heterocycles. The van der Waals surface area contributed by atoms with Crippen LogP contribution >= 0.6 is 0 Å². The number of nitrogens with one attached hydrogen (secondary N) is 1. The predicted octanol–water partition coefficient (Wildman–Crippen LogP) is 1.91. The summed E-state index contributed by atoms with van der Waals surface area (Å²) in [6.45, 7) is 1.69. The second kappa shape index (κ2) is 9.17. The zero-order valence-corrected chi connectivity index (χ0v) is 16.9. The average molecular weight is 414 g/mol. The lowest BCUT2D eigenvalue weighted by Gasteiger charge is -2.34. The molecular weight excluding hydrogens is 392 g/mol. The van der Waals surface area contributed by atoms with Crippen LogP contribution < -0.4 is 16.0 Å². The topological polar surface area (TPSA) is 134 Å². The van der Waals surface area contributed by atoms with Gasteiger partial charge in [0.2, 0.25) is 0 Å². The van der Waals surface area contributed by atoms with E-state index < -0.39 is 5.91 Å². The highest BCUT2D eigenvalue weighted by Crippen LogP contribution is 2.24. The molecule has 1 amide bonds. The number of amides is 1. The molecule has 0 spiro atoms. The van der Waals surface area contributed by atoms with Crippen molar-refractivity contribution >= 4 is 17.3 Å². The molecule has 0 atom stereocenters. The number of aromatic nitrogens is 4. The summed E-state index contributed by atoms with van der Waals surface area (Å²) in [5.41, 5.74) is 9.71. The Hall–Kier alpha value is -4.06. The molecule has 0 aromatic carbocycles. The highest BCUT2D eigenvalue weighted by molar-refractivity contribution is 5.98. The molecule has 0 radical (unpaired) electrons. The zero-order valence-electron chi connectivity index (χ0n) is 16.9. The third kappa shape index (κ3) is 4.93. The molecule has 3 N–H and O–H groups in total. The Balaban J connectivity index is 1.43. The number of pyridine rings is 2. The summed E-state index contributed by atoms with van der Waals surface area (Å²) in [5.74, 6) is -0.510. The number of nitrogens with two attached hydrogens (primary N) is 1. The predicted molar refractivity (Wildman–Crippen MR) is 115 cm³/mol. The molecule has 156 valence electrons. The third-order valence-electron chi connectivity index (χ3n) is 5.31. The second-order valence-corrected chi connectivity index (χ2v) is 7.38. The van der Waals surface area contributed by atoms with Gasteiger partial charge in [-0.25, -0.2) is 15.0 Å². The van der Waals surface area contributed by atoms with Gasteiger partial charge in [0.15, 0.2) is 0 Å². The van der Waals surface area contributed by atoms with Crippen molar-refractivity contribution in [1.82, 2.24) is 19.9 Å². The highest BCUT2D eigenvalue weighted by Gasteiger charge is 2.21. The largest absolute Gasteiger partial charge is 0.381 e. The van der Waals surface area contributed by atoms with E-state index in [1.807, 2.05) is 24.3 Å². The van der Waals surface area contributed by atoms with E-state index in [9.17, 15) is 4.79 Å². The first-order valence-electron chi connectivity index (χ1n) is 10.0. The van der Waals surface area contributed by atoms with Crippen molar-refractivity contribution in [2.75, 3.05) is 23.3 Å². The van der Waals surface area contributed by atoms with Crippen LogP contribution in [0.2, 0.25) is 0 Å². The van der Waals surface area contributed by atoms with Crippen LogP contribution in [0.3, 0.4) is 0 Å². The number of carbonyl (C=O) groups excluding carboxylic acids is 1. The lowest BCUT2D eigenvalue weighted by Crippen LogP contribution is -2.39. The number of nitriles is 1. The normalized spacial score (nSPS) is 14.1. The Labute approximate surface area is 180 Å². The fraction of sp³-hybridized carbons (Fsp3) is 0.273. The number of carbonyl (C=O) groups is 1. The molecular formula is C22H22N8O. The van der Waals surface area contributed by atoms with Crippen molar-refractivity contribution in [3.63, 3.8) is 0 Å². The fourth-order valence-corrected chi connectivity index (χ4v) is 3.66. The first-order chi connectivity index (χ1) is 15.1. The third-order valence-corrected chi connectivity index (χ3v) is 5.31. The SMILES string of the molecule is N#Cc1ccc(N2CCC(Nc3cc(Cc4ccncn4)ncc3C(N)=O)CC2)cn1. The van der Waals surface area contributed by atoms with Crippen LogP contribution in [0.1, 0.15) is 40.3 Å². The van der Waals surface area contributed by atoms with Gasteiger partial charge >= 0.3 is 0 Å². The second-order valence-electron chi connectivity index (χ2n) is 7.38. The Kier molecular flexibility index (Phi) is 5.98. The maximum atomic E-state index is 11.9. The molecule has 4 rings (SSSR count). The lowest BCUT2D eigenvalue weighted by atomic mass is 10.0. The van der Waals surface area contributed by atoms with Gasteiger partial charge < -0.3 is 16.0 Å². The number of piperidine rings is 1. The van der Waals surface area contributed by atoms with E-state index in [0.29, 0.717) is 23.4 Å². The molecule has 1 aliphatic heterocycles. The monoisotopic (exact) mass is 414 g/mol. The minimum atomic E-state index is -0.510. The molecule has 0 aliphatic carbocycles. The van der Waals surface area contributed by atoms with Crippen molar-refractivity contribution < 1.29 is 4.79 Å². The van der Waals surface area contributed by atoms with Crippen LogP contribution in [-0.2, 0) is 6.42 Å². The minimum Gasteiger partial charge on any atom is -0.381 e. The Bertz CT molecular complexity index is 1090. The molecule has 0 bridgehead atoms. The smallest absolute Gasteiger partial charge is 0.252 e. The van der Waals surface area contributed by atoms with Gasteiger partial charge in [-0.05, 0) is 37.1 Å². The maximum absolute atomic E-state index is 11.9. The van der Waals surface area contributed by atoms with E-state index in [0.717, 1.165) is 43.0 Å². The fourth-order valence-electron chi connectivity index (χ4n) is 3.66. The molecule has 9 nitrogen and oxygen atoms in total. The molecule has 31 heavy (non-hydrogen) atoms. The molecule has 9 heteroatoms. The zero-order chi connectivity index (χ0) is 21.6. The van der Waals surface area contributed by atoms with Gasteiger partial charge in [-0.2, -0.15) is 5.26 Å². The minimum absolute atomic E-state index is 0.204. The van der Waals surface area contributed by atoms with Crippen LogP contribution in [0.4, 0.5) is 11.4 Å². The van der Waals surface area contributed by atoms with E-state index in [1.54, 1.807) is 18.5 Å². The van der Waals surface area contributed by atoms with Crippen LogP contribution in [0.25, 0.3) is 0 Å². The Morgan fingerprint density at radius 2 is 2.00 bits per heavy atom. The number of hydrogen-bond donors (Lipinski definition) is 2. The highest BCUT2D eigenvalue weighted by atomic mass is 16.1. The maximum Gasteiger partial charge on any atom is 0.252 e. The van der Waals surface area contributed by atoms with Gasteiger partial charge in [0.25, 0.3) is 5.91 Å². The van der Waals surface area contributed by atoms with Crippen molar-refractivity contribution in [2.24, 2.45) is 5.73 Å². The first kappa shape index (κ1) is 20.2. The van der Waals surface area contributed by atoms with Gasteiger partial charge in [-0.15, -0.1) is 0 Å². The van der Waals surface area contributed by atoms with Crippen molar-refractivity contribution in [1.29, 1.82) is 5.26 Å². The molecule has 4 heterocycles. The molecule has 1 fully saturated rings. The van der Waals surface area contributed by atoms with E-state index in [2.05, 4.69) is 30.2 Å². The number of anilines is 2. The summed E-state index contributed by atoms with van der Waals surface area (Å²) in [4.78, 5) is 30.8. The van der Waals surface area contributed by atoms with Gasteiger partial charge in [-0.3, -0.25) is 9.78 Å². The van der Waals surface area contributed by atoms with Crippen LogP contribution in [0.5, 0.6) is 0 Å². The Morgan fingerprint density at radius 3 is 2.65 bits per heavy atom. The molecule has 3 aromatic rings. The number of primary amides is 1. The molecule has 0 saturated carbocycles. The van der Waals surface area contributed by atoms with Gasteiger partial charge in [-0.1, -0.05) is 0 Å². The van der Waals surface area contributed by atoms with E-state index in [4.69, 9.17) is 11.0 Å². The summed E-state index contributed by atoms with van der Waals surface area (Å²) in [7, 11) is 0. The standard InChI is InChI=1S/C22H22N8O/c23-11-17-1-2-19(12-26-17)30-7-4-15(5-8-30)29-21-10-18(27-13-20(21)22(24)31)9-16-3-6-25-14-28-16/h1-3,6,10,12-15H,4-5,7-9H2,(H2,24,31)(H,27,29). The first-order valence-corrected chi connectivity index (χ1v) is 10.0. The van der Waals surface area contributed by atoms with Crippen LogP contribution in [0, 0.1) is 11.3 Å². The van der Waals surface area contributed by atoms with E-state index >= 15 is 0 Å². The summed E-state index contributed by atoms with van der Waals surface area (Å²) in [5, 5.41) is 12.4. The Morgan fingerprint density at radius 1 is 1.16 bits per heavy atom. The molecule has 0 unspecified atom stereocenters. The quantitative estimate of drug-likeness (QED) is 0.625. The van der Waals surface area contributed by atoms with E-state index in [1.165, 1.54) is 12.5 Å². The van der Waals surface area contributed by atoms with Crippen molar-refractivity contribution in [3.8, 4) is 6.07 Å². The summed E-state index contributed by atoms with van der Waals surface area (Å²) < 4.78 is 0. The molecule has 3 aromatic heterocycles. The van der Waals surface area contributed by atoms with Crippen LogP contribution in [0.15, 0.2) is 49.2 Å². The van der Waals surface area contributed by atoms with Crippen molar-refractivity contribution in [3.05, 3.63) is 71.8 Å². The number of hydrogen-bond acceptors (Lipinski definition) is 8. The summed E-state index contributed by atoms with van der Waals surface area (Å²) in [6.07, 6.45) is 8.78. The van der Waals surface area contributed by atoms with Crippen molar-refractivity contribution in [2.45, 2.75) is 25.3 Å². The molecule has 1 aliphatic rings. The van der Waals surface area contributed by atoms with Gasteiger partial charge in [0.1, 0.15) is 18.1 Å². The van der Waals surface area contributed by atoms with Gasteiger partial charge in [0.05, 0.1) is 23.1 Å². The average Bonchev–Trinajstić information content (AvgIpc) is 2.80. The number of rotatable bonds is 6. The summed E-state index contributed by atoms with van der Waals surface area (Å²) in [6, 6.07) is 9.61. The number of nitrogens with zero attached hydrogens (tertiary/aromatic N) is 6. The lowest BCUT2D eigenvalue weighted by molar-refractivity contribution is 0.100. The van der Waals surface area contributed by atoms with E-state index in [-0.39, 0.29) is 6.04 Å².